The summed E-state index contributed by atoms with van der Waals surface area (Å²) >= 11 is 3.28. The fraction of sp³-hybridized carbons (Fsp3) is 0.100. The summed E-state index contributed by atoms with van der Waals surface area (Å²) in [6.45, 7) is 2.08. The molecule has 0 aromatic carbocycles. The van der Waals surface area contributed by atoms with Crippen molar-refractivity contribution in [2.24, 2.45) is 0 Å². The zero-order valence-electron chi connectivity index (χ0n) is 7.07. The summed E-state index contributed by atoms with van der Waals surface area (Å²) < 4.78 is 0. The van der Waals surface area contributed by atoms with E-state index in [1.165, 1.54) is 4.88 Å². The first-order valence-electron chi connectivity index (χ1n) is 3.82. The van der Waals surface area contributed by atoms with Crippen LogP contribution in [0.1, 0.15) is 14.8 Å². The molecule has 0 aliphatic rings. The lowest BCUT2D eigenvalue weighted by Crippen LogP contribution is -1.67. The van der Waals surface area contributed by atoms with Gasteiger partial charge < -0.3 is 0 Å². The lowest BCUT2D eigenvalue weighted by Gasteiger charge is -1.76. The highest BCUT2D eigenvalue weighted by atomic mass is 32.1. The minimum absolute atomic E-state index is 0.881. The molecule has 0 bridgehead atoms. The van der Waals surface area contributed by atoms with Gasteiger partial charge in [-0.15, -0.1) is 22.7 Å². The molecule has 0 N–H and O–H groups in total. The summed E-state index contributed by atoms with van der Waals surface area (Å²) in [5.74, 6) is 6.11. The van der Waals surface area contributed by atoms with E-state index in [-0.39, 0.29) is 0 Å². The molecular weight excluding hydrogens is 198 g/mol. The Hall–Kier alpha value is -1.11. The summed E-state index contributed by atoms with van der Waals surface area (Å²) in [6.07, 6.45) is 1.77. The van der Waals surface area contributed by atoms with Gasteiger partial charge in [-0.3, -0.25) is 0 Å². The van der Waals surface area contributed by atoms with E-state index in [2.05, 4.69) is 29.8 Å². The van der Waals surface area contributed by atoms with E-state index in [9.17, 15) is 0 Å². The average Bonchev–Trinajstić information content (AvgIpc) is 2.71. The van der Waals surface area contributed by atoms with E-state index in [0.29, 0.717) is 0 Å². The minimum atomic E-state index is 0.881. The van der Waals surface area contributed by atoms with E-state index in [1.54, 1.807) is 28.9 Å². The van der Waals surface area contributed by atoms with Crippen LogP contribution >= 0.6 is 22.7 Å². The third kappa shape index (κ3) is 2.18. The maximum Gasteiger partial charge on any atom is 0.167 e. The normalized spacial score (nSPS) is 9.31. The summed E-state index contributed by atoms with van der Waals surface area (Å²) in [4.78, 5) is 6.49. The molecule has 0 atom stereocenters. The average molecular weight is 205 g/mol. The Balaban J connectivity index is 2.22. The van der Waals surface area contributed by atoms with Crippen molar-refractivity contribution < 1.29 is 0 Å². The number of hydrogen-bond donors (Lipinski definition) is 0. The summed E-state index contributed by atoms with van der Waals surface area (Å²) in [6, 6.07) is 4.12. The van der Waals surface area contributed by atoms with Gasteiger partial charge in [0.2, 0.25) is 0 Å². The molecule has 0 fully saturated rings. The topological polar surface area (TPSA) is 12.9 Å². The lowest BCUT2D eigenvalue weighted by molar-refractivity contribution is 1.39. The molecule has 2 aromatic heterocycles. The SMILES string of the molecule is Cc1ccc(C#Cc2nccs2)s1. The van der Waals surface area contributed by atoms with Crippen molar-refractivity contribution in [2.75, 3.05) is 0 Å². The number of nitrogens with zero attached hydrogens (tertiary/aromatic N) is 1. The molecule has 2 rings (SSSR count). The van der Waals surface area contributed by atoms with E-state index >= 15 is 0 Å². The number of hydrogen-bond acceptors (Lipinski definition) is 3. The fourth-order valence-corrected chi connectivity index (χ4v) is 2.11. The molecule has 2 heterocycles. The van der Waals surface area contributed by atoms with Gasteiger partial charge in [-0.25, -0.2) is 4.98 Å². The predicted octanol–water partition coefficient (Wildman–Crippen LogP) is 2.91. The van der Waals surface area contributed by atoms with Crippen molar-refractivity contribution in [3.8, 4) is 11.8 Å². The van der Waals surface area contributed by atoms with Crippen molar-refractivity contribution in [3.05, 3.63) is 38.5 Å². The first kappa shape index (κ1) is 8.49. The monoisotopic (exact) mass is 205 g/mol. The van der Waals surface area contributed by atoms with Gasteiger partial charge in [0, 0.05) is 16.5 Å². The Morgan fingerprint density at radius 2 is 2.23 bits per heavy atom. The highest BCUT2D eigenvalue weighted by Crippen LogP contribution is 2.13. The highest BCUT2D eigenvalue weighted by molar-refractivity contribution is 7.12. The van der Waals surface area contributed by atoms with Gasteiger partial charge in [0.15, 0.2) is 5.01 Å². The zero-order valence-corrected chi connectivity index (χ0v) is 8.71. The predicted molar refractivity (Wildman–Crippen MR) is 57.2 cm³/mol. The van der Waals surface area contributed by atoms with Gasteiger partial charge >= 0.3 is 0 Å². The standard InChI is InChI=1S/C10H7NS2/c1-8-2-3-9(13-8)4-5-10-11-6-7-12-10/h2-3,6-7H,1H3. The summed E-state index contributed by atoms with van der Waals surface area (Å²) in [5, 5.41) is 2.81. The van der Waals surface area contributed by atoms with Crippen molar-refractivity contribution in [1.82, 2.24) is 4.98 Å². The molecule has 2 aromatic rings. The van der Waals surface area contributed by atoms with Crippen LogP contribution in [0.15, 0.2) is 23.7 Å². The van der Waals surface area contributed by atoms with Gasteiger partial charge in [0.1, 0.15) is 0 Å². The van der Waals surface area contributed by atoms with Crippen molar-refractivity contribution in [2.45, 2.75) is 6.92 Å². The second kappa shape index (κ2) is 3.73. The molecular formula is C10H7NS2. The second-order valence-electron chi connectivity index (χ2n) is 2.50. The Bertz CT molecular complexity index is 443. The first-order valence-corrected chi connectivity index (χ1v) is 5.52. The Labute approximate surface area is 85.1 Å². The second-order valence-corrected chi connectivity index (χ2v) is 4.68. The molecule has 0 aliphatic heterocycles. The molecule has 0 amide bonds. The van der Waals surface area contributed by atoms with E-state index in [4.69, 9.17) is 0 Å². The number of aromatic nitrogens is 1. The third-order valence-corrected chi connectivity index (χ3v) is 3.07. The largest absolute Gasteiger partial charge is 0.236 e. The van der Waals surface area contributed by atoms with Crippen molar-refractivity contribution in [1.29, 1.82) is 0 Å². The molecule has 0 saturated heterocycles. The van der Waals surface area contributed by atoms with Crippen LogP contribution in [0.5, 0.6) is 0 Å². The molecule has 0 radical (unpaired) electrons. The van der Waals surface area contributed by atoms with Crippen molar-refractivity contribution in [3.63, 3.8) is 0 Å². The van der Waals surface area contributed by atoms with Gasteiger partial charge in [0.25, 0.3) is 0 Å². The van der Waals surface area contributed by atoms with Crippen LogP contribution in [0.3, 0.4) is 0 Å². The zero-order chi connectivity index (χ0) is 9.10. The van der Waals surface area contributed by atoms with Crippen LogP contribution in [0.2, 0.25) is 0 Å². The Kier molecular flexibility index (Phi) is 2.44. The molecule has 1 nitrogen and oxygen atoms in total. The van der Waals surface area contributed by atoms with E-state index < -0.39 is 0 Å². The molecule has 0 aliphatic carbocycles. The van der Waals surface area contributed by atoms with Crippen LogP contribution in [0.4, 0.5) is 0 Å². The van der Waals surface area contributed by atoms with E-state index in [1.807, 2.05) is 11.4 Å². The quantitative estimate of drug-likeness (QED) is 0.603. The number of thiazole rings is 1. The highest BCUT2D eigenvalue weighted by Gasteiger charge is 1.91. The maximum absolute atomic E-state index is 4.09. The van der Waals surface area contributed by atoms with Gasteiger partial charge in [-0.2, -0.15) is 0 Å². The van der Waals surface area contributed by atoms with Crippen LogP contribution in [-0.4, -0.2) is 4.98 Å². The fourth-order valence-electron chi connectivity index (χ4n) is 0.902. The molecule has 0 saturated carbocycles. The van der Waals surface area contributed by atoms with E-state index in [0.717, 1.165) is 9.88 Å². The number of aryl methyl sites for hydroxylation is 1. The van der Waals surface area contributed by atoms with Crippen LogP contribution in [0.25, 0.3) is 0 Å². The third-order valence-electron chi connectivity index (χ3n) is 1.47. The Morgan fingerprint density at radius 1 is 1.31 bits per heavy atom. The number of rotatable bonds is 0. The van der Waals surface area contributed by atoms with Crippen LogP contribution in [-0.2, 0) is 0 Å². The summed E-state index contributed by atoms with van der Waals surface area (Å²) in [7, 11) is 0. The van der Waals surface area contributed by atoms with Gasteiger partial charge in [0.05, 0.1) is 4.88 Å². The van der Waals surface area contributed by atoms with Gasteiger partial charge in [-0.05, 0) is 30.9 Å². The van der Waals surface area contributed by atoms with Crippen LogP contribution < -0.4 is 0 Å². The molecule has 13 heavy (non-hydrogen) atoms. The lowest BCUT2D eigenvalue weighted by atomic mass is 10.4. The van der Waals surface area contributed by atoms with Gasteiger partial charge in [-0.1, -0.05) is 0 Å². The summed E-state index contributed by atoms with van der Waals surface area (Å²) in [5.41, 5.74) is 0. The molecule has 3 heteroatoms. The maximum atomic E-state index is 4.09. The van der Waals surface area contributed by atoms with Crippen molar-refractivity contribution >= 4 is 22.7 Å². The smallest absolute Gasteiger partial charge is 0.167 e. The Morgan fingerprint density at radius 3 is 2.85 bits per heavy atom. The number of thiophene rings is 1. The molecule has 64 valence electrons. The van der Waals surface area contributed by atoms with Crippen LogP contribution in [0, 0.1) is 18.8 Å². The first-order chi connectivity index (χ1) is 6.34. The minimum Gasteiger partial charge on any atom is -0.236 e. The molecule has 0 spiro atoms. The molecule has 0 unspecified atom stereocenters.